The number of ether oxygens (including phenoxy) is 1. The number of amides is 3. The fraction of sp³-hybridized carbons (Fsp3) is 0.583. The number of imide groups is 1. The van der Waals surface area contributed by atoms with E-state index in [1.165, 1.54) is 0 Å². The Bertz CT molecular complexity index is 850. The van der Waals surface area contributed by atoms with Gasteiger partial charge in [-0.05, 0) is 49.4 Å². The molecular formula is C24H32N2O5. The summed E-state index contributed by atoms with van der Waals surface area (Å²) in [5.41, 5.74) is 0.553. The Morgan fingerprint density at radius 2 is 1.71 bits per heavy atom. The Morgan fingerprint density at radius 1 is 1.10 bits per heavy atom. The third-order valence-corrected chi connectivity index (χ3v) is 5.78. The molecule has 7 heteroatoms. The second-order valence-corrected chi connectivity index (χ2v) is 9.53. The van der Waals surface area contributed by atoms with Crippen LogP contribution in [0.5, 0.6) is 0 Å². The zero-order valence-corrected chi connectivity index (χ0v) is 18.8. The van der Waals surface area contributed by atoms with Crippen molar-refractivity contribution in [2.75, 3.05) is 11.5 Å². The molecule has 1 aliphatic carbocycles. The third-order valence-electron chi connectivity index (χ3n) is 5.78. The fourth-order valence-electron chi connectivity index (χ4n) is 4.42. The van der Waals surface area contributed by atoms with E-state index < -0.39 is 12.0 Å². The topological polar surface area (TPSA) is 84.0 Å². The van der Waals surface area contributed by atoms with E-state index in [2.05, 4.69) is 0 Å². The molecule has 0 N–H and O–H groups in total. The molecule has 1 saturated heterocycles. The van der Waals surface area contributed by atoms with Gasteiger partial charge in [0.05, 0.1) is 24.3 Å². The molecule has 7 nitrogen and oxygen atoms in total. The lowest BCUT2D eigenvalue weighted by Gasteiger charge is -2.35. The van der Waals surface area contributed by atoms with Crippen molar-refractivity contribution in [1.82, 2.24) is 4.90 Å². The number of esters is 1. The highest BCUT2D eigenvalue weighted by atomic mass is 16.5. The van der Waals surface area contributed by atoms with Crippen LogP contribution in [0.3, 0.4) is 0 Å². The first-order valence-electron chi connectivity index (χ1n) is 11.1. The standard InChI is InChI=1S/C24H32N2O5/c1-5-31-23(30)16-10-12-18(13-11-16)26-20(27)14-19(22(26)29)25(17-8-6-7-9-17)21(28)15-24(2,3)4/h10-13,17,19H,5-9,14-15H2,1-4H3. The van der Waals surface area contributed by atoms with E-state index in [4.69, 9.17) is 4.74 Å². The minimum atomic E-state index is -0.768. The summed E-state index contributed by atoms with van der Waals surface area (Å²) in [5.74, 6) is -1.22. The zero-order valence-electron chi connectivity index (χ0n) is 18.8. The van der Waals surface area contributed by atoms with Gasteiger partial charge in [0, 0.05) is 12.5 Å². The SMILES string of the molecule is CCOC(=O)c1ccc(N2C(=O)CC(N(C(=O)CC(C)(C)C)C3CCCC3)C2=O)cc1. The second kappa shape index (κ2) is 9.20. The molecule has 1 heterocycles. The van der Waals surface area contributed by atoms with Gasteiger partial charge in [-0.1, -0.05) is 33.6 Å². The van der Waals surface area contributed by atoms with Crippen LogP contribution in [-0.4, -0.2) is 47.3 Å². The van der Waals surface area contributed by atoms with Crippen molar-refractivity contribution < 1.29 is 23.9 Å². The average Bonchev–Trinajstić information content (AvgIpc) is 3.30. The lowest BCUT2D eigenvalue weighted by atomic mass is 9.90. The van der Waals surface area contributed by atoms with E-state index in [-0.39, 0.29) is 42.2 Å². The predicted molar refractivity (Wildman–Crippen MR) is 116 cm³/mol. The van der Waals surface area contributed by atoms with Gasteiger partial charge in [-0.25, -0.2) is 9.69 Å². The van der Waals surface area contributed by atoms with Crippen molar-refractivity contribution in [2.45, 2.75) is 78.3 Å². The first-order chi connectivity index (χ1) is 14.6. The highest BCUT2D eigenvalue weighted by molar-refractivity contribution is 6.23. The molecule has 1 unspecified atom stereocenters. The van der Waals surface area contributed by atoms with Gasteiger partial charge in [0.1, 0.15) is 6.04 Å². The quantitative estimate of drug-likeness (QED) is 0.510. The molecule has 1 atom stereocenters. The summed E-state index contributed by atoms with van der Waals surface area (Å²) in [6.07, 6.45) is 4.10. The molecule has 0 spiro atoms. The van der Waals surface area contributed by atoms with Crippen molar-refractivity contribution in [3.63, 3.8) is 0 Å². The third kappa shape index (κ3) is 5.14. The van der Waals surface area contributed by atoms with E-state index in [0.29, 0.717) is 17.7 Å². The van der Waals surface area contributed by atoms with Crippen molar-refractivity contribution in [1.29, 1.82) is 0 Å². The predicted octanol–water partition coefficient (Wildman–Crippen LogP) is 3.70. The maximum Gasteiger partial charge on any atom is 0.338 e. The van der Waals surface area contributed by atoms with E-state index >= 15 is 0 Å². The number of rotatable bonds is 6. The van der Waals surface area contributed by atoms with Gasteiger partial charge in [-0.3, -0.25) is 14.4 Å². The van der Waals surface area contributed by atoms with Gasteiger partial charge in [0.25, 0.3) is 5.91 Å². The number of carbonyl (C=O) groups is 4. The van der Waals surface area contributed by atoms with Crippen LogP contribution in [0.1, 0.15) is 76.6 Å². The average molecular weight is 429 g/mol. The highest BCUT2D eigenvalue weighted by Crippen LogP contribution is 2.33. The summed E-state index contributed by atoms with van der Waals surface area (Å²) in [6.45, 7) is 7.99. The van der Waals surface area contributed by atoms with E-state index in [1.54, 1.807) is 36.1 Å². The van der Waals surface area contributed by atoms with Gasteiger partial charge in [-0.15, -0.1) is 0 Å². The van der Waals surface area contributed by atoms with Crippen LogP contribution >= 0.6 is 0 Å². The van der Waals surface area contributed by atoms with Crippen LogP contribution in [0.25, 0.3) is 0 Å². The van der Waals surface area contributed by atoms with Crippen molar-refractivity contribution in [3.8, 4) is 0 Å². The summed E-state index contributed by atoms with van der Waals surface area (Å²) in [4.78, 5) is 54.1. The summed E-state index contributed by atoms with van der Waals surface area (Å²) >= 11 is 0. The molecule has 168 valence electrons. The largest absolute Gasteiger partial charge is 0.462 e. The maximum absolute atomic E-state index is 13.3. The van der Waals surface area contributed by atoms with Gasteiger partial charge in [-0.2, -0.15) is 0 Å². The Labute approximate surface area is 183 Å². The number of nitrogens with zero attached hydrogens (tertiary/aromatic N) is 2. The van der Waals surface area contributed by atoms with Gasteiger partial charge >= 0.3 is 5.97 Å². The monoisotopic (exact) mass is 428 g/mol. The molecule has 31 heavy (non-hydrogen) atoms. The van der Waals surface area contributed by atoms with Crippen molar-refractivity contribution in [2.24, 2.45) is 5.41 Å². The Morgan fingerprint density at radius 3 is 2.26 bits per heavy atom. The first kappa shape index (κ1) is 23.0. The fourth-order valence-corrected chi connectivity index (χ4v) is 4.42. The molecule has 1 aromatic rings. The highest BCUT2D eigenvalue weighted by Gasteiger charge is 2.47. The smallest absolute Gasteiger partial charge is 0.338 e. The summed E-state index contributed by atoms with van der Waals surface area (Å²) in [6, 6.07) is 5.46. The van der Waals surface area contributed by atoms with Crippen LogP contribution in [0.15, 0.2) is 24.3 Å². The Hall–Kier alpha value is -2.70. The van der Waals surface area contributed by atoms with Gasteiger partial charge < -0.3 is 9.64 Å². The molecule has 1 aliphatic heterocycles. The Kier molecular flexibility index (Phi) is 6.82. The second-order valence-electron chi connectivity index (χ2n) is 9.53. The molecule has 0 radical (unpaired) electrons. The molecule has 0 bridgehead atoms. The van der Waals surface area contributed by atoms with E-state index in [9.17, 15) is 19.2 Å². The Balaban J connectivity index is 1.84. The number of hydrogen-bond donors (Lipinski definition) is 0. The molecule has 1 aromatic carbocycles. The number of carbonyl (C=O) groups excluding carboxylic acids is 4. The number of hydrogen-bond acceptors (Lipinski definition) is 5. The molecule has 0 aromatic heterocycles. The van der Waals surface area contributed by atoms with E-state index in [1.807, 2.05) is 20.8 Å². The summed E-state index contributed by atoms with van der Waals surface area (Å²) < 4.78 is 4.98. The normalized spacial score (nSPS) is 19.7. The summed E-state index contributed by atoms with van der Waals surface area (Å²) in [7, 11) is 0. The van der Waals surface area contributed by atoms with Crippen LogP contribution in [0, 0.1) is 5.41 Å². The molecular weight excluding hydrogens is 396 g/mol. The van der Waals surface area contributed by atoms with Crippen LogP contribution in [0.2, 0.25) is 0 Å². The molecule has 1 saturated carbocycles. The van der Waals surface area contributed by atoms with Gasteiger partial charge in [0.15, 0.2) is 0 Å². The van der Waals surface area contributed by atoms with Crippen molar-refractivity contribution >= 4 is 29.4 Å². The van der Waals surface area contributed by atoms with Crippen molar-refractivity contribution in [3.05, 3.63) is 29.8 Å². The molecule has 3 rings (SSSR count). The van der Waals surface area contributed by atoms with Crippen LogP contribution in [-0.2, 0) is 19.1 Å². The first-order valence-corrected chi connectivity index (χ1v) is 11.1. The van der Waals surface area contributed by atoms with E-state index in [0.717, 1.165) is 30.6 Å². The minimum absolute atomic E-state index is 0.00254. The number of anilines is 1. The lowest BCUT2D eigenvalue weighted by molar-refractivity contribution is -0.142. The molecule has 2 fully saturated rings. The maximum atomic E-state index is 13.3. The molecule has 2 aliphatic rings. The van der Waals surface area contributed by atoms with Gasteiger partial charge in [0.2, 0.25) is 11.8 Å². The lowest BCUT2D eigenvalue weighted by Crippen LogP contribution is -2.50. The zero-order chi connectivity index (χ0) is 22.8. The molecule has 3 amide bonds. The van der Waals surface area contributed by atoms with Crippen LogP contribution in [0.4, 0.5) is 5.69 Å². The number of benzene rings is 1. The summed E-state index contributed by atoms with van der Waals surface area (Å²) in [5, 5.41) is 0. The van der Waals surface area contributed by atoms with Crippen LogP contribution < -0.4 is 4.90 Å². The minimum Gasteiger partial charge on any atom is -0.462 e.